The maximum absolute atomic E-state index is 8.63. The second kappa shape index (κ2) is 7.12. The monoisotopic (exact) mass is 209 g/mol. The number of rotatable bonds is 7. The van der Waals surface area contributed by atoms with Crippen molar-refractivity contribution >= 4 is 5.69 Å². The lowest BCUT2D eigenvalue weighted by atomic mass is 10.2. The van der Waals surface area contributed by atoms with Crippen LogP contribution >= 0.6 is 0 Å². The van der Waals surface area contributed by atoms with Gasteiger partial charge in [0.25, 0.3) is 0 Å². The minimum Gasteiger partial charge on any atom is -0.494 e. The summed E-state index contributed by atoms with van der Waals surface area (Å²) in [6, 6.07) is 7.92. The summed E-state index contributed by atoms with van der Waals surface area (Å²) in [7, 11) is 0. The molecule has 0 aliphatic heterocycles. The van der Waals surface area contributed by atoms with E-state index in [0.29, 0.717) is 6.61 Å². The third-order valence-electron chi connectivity index (χ3n) is 2.06. The topological polar surface area (TPSA) is 41.5 Å². The molecule has 0 heterocycles. The molecule has 15 heavy (non-hydrogen) atoms. The molecule has 0 atom stereocenters. The second-order valence-electron chi connectivity index (χ2n) is 3.32. The normalized spacial score (nSPS) is 10.0. The third kappa shape index (κ3) is 4.70. The molecule has 0 fully saturated rings. The Hall–Kier alpha value is -1.22. The maximum atomic E-state index is 8.63. The first kappa shape index (κ1) is 11.9. The standard InChI is InChI=1S/C12H19NO2/c1-2-15-12-7-5-6-11(10-12)13-8-3-4-9-14/h5-7,10,13-14H,2-4,8-9H2,1H3. The van der Waals surface area contributed by atoms with Crippen LogP contribution in [0.5, 0.6) is 5.75 Å². The van der Waals surface area contributed by atoms with Crippen molar-refractivity contribution in [3.63, 3.8) is 0 Å². The summed E-state index contributed by atoms with van der Waals surface area (Å²) in [6.45, 7) is 3.81. The fraction of sp³-hybridized carbons (Fsp3) is 0.500. The molecule has 0 radical (unpaired) electrons. The van der Waals surface area contributed by atoms with Gasteiger partial charge < -0.3 is 15.2 Å². The highest BCUT2D eigenvalue weighted by molar-refractivity contribution is 5.48. The SMILES string of the molecule is CCOc1cccc(NCCCCO)c1. The van der Waals surface area contributed by atoms with Crippen LogP contribution in [0.3, 0.4) is 0 Å². The van der Waals surface area contributed by atoms with Crippen LogP contribution in [0.1, 0.15) is 19.8 Å². The lowest BCUT2D eigenvalue weighted by Gasteiger charge is -2.08. The Morgan fingerprint density at radius 3 is 2.93 bits per heavy atom. The molecule has 1 aromatic carbocycles. The zero-order valence-corrected chi connectivity index (χ0v) is 9.20. The number of ether oxygens (including phenoxy) is 1. The van der Waals surface area contributed by atoms with Crippen LogP contribution < -0.4 is 10.1 Å². The average Bonchev–Trinajstić information content (AvgIpc) is 2.26. The summed E-state index contributed by atoms with van der Waals surface area (Å²) in [5.41, 5.74) is 1.07. The van der Waals surface area contributed by atoms with Gasteiger partial charge >= 0.3 is 0 Å². The molecule has 0 aliphatic rings. The van der Waals surface area contributed by atoms with Gasteiger partial charge in [-0.3, -0.25) is 0 Å². The van der Waals surface area contributed by atoms with Crippen molar-refractivity contribution in [3.05, 3.63) is 24.3 Å². The van der Waals surface area contributed by atoms with E-state index in [-0.39, 0.29) is 6.61 Å². The van der Waals surface area contributed by atoms with Gasteiger partial charge in [-0.1, -0.05) is 6.07 Å². The van der Waals surface area contributed by atoms with Crippen LogP contribution in [0.2, 0.25) is 0 Å². The minimum absolute atomic E-state index is 0.265. The van der Waals surface area contributed by atoms with Crippen LogP contribution in [0.4, 0.5) is 5.69 Å². The van der Waals surface area contributed by atoms with Gasteiger partial charge in [-0.2, -0.15) is 0 Å². The summed E-state index contributed by atoms with van der Waals surface area (Å²) < 4.78 is 5.39. The van der Waals surface area contributed by atoms with E-state index in [2.05, 4.69) is 5.32 Å². The molecule has 0 aromatic heterocycles. The van der Waals surface area contributed by atoms with E-state index in [1.807, 2.05) is 31.2 Å². The van der Waals surface area contributed by atoms with E-state index < -0.39 is 0 Å². The quantitative estimate of drug-likeness (QED) is 0.677. The number of hydrogen-bond acceptors (Lipinski definition) is 3. The molecule has 0 amide bonds. The lowest BCUT2D eigenvalue weighted by molar-refractivity contribution is 0.286. The molecule has 0 saturated carbocycles. The first-order chi connectivity index (χ1) is 7.36. The van der Waals surface area contributed by atoms with Crippen molar-refractivity contribution in [3.8, 4) is 5.75 Å². The molecule has 0 aliphatic carbocycles. The Morgan fingerprint density at radius 1 is 1.33 bits per heavy atom. The van der Waals surface area contributed by atoms with E-state index in [4.69, 9.17) is 9.84 Å². The number of aliphatic hydroxyl groups is 1. The van der Waals surface area contributed by atoms with Gasteiger partial charge in [0.15, 0.2) is 0 Å². The molecule has 2 N–H and O–H groups in total. The largest absolute Gasteiger partial charge is 0.494 e. The number of aliphatic hydroxyl groups excluding tert-OH is 1. The van der Waals surface area contributed by atoms with E-state index >= 15 is 0 Å². The molecule has 3 heteroatoms. The van der Waals surface area contributed by atoms with Crippen molar-refractivity contribution < 1.29 is 9.84 Å². The van der Waals surface area contributed by atoms with Crippen LogP contribution in [-0.2, 0) is 0 Å². The number of unbranched alkanes of at least 4 members (excludes halogenated alkanes) is 1. The van der Waals surface area contributed by atoms with Crippen molar-refractivity contribution in [2.75, 3.05) is 25.1 Å². The molecule has 0 unspecified atom stereocenters. The third-order valence-corrected chi connectivity index (χ3v) is 2.06. The number of hydrogen-bond donors (Lipinski definition) is 2. The molecule has 0 bridgehead atoms. The smallest absolute Gasteiger partial charge is 0.121 e. The Kier molecular flexibility index (Phi) is 5.63. The molecule has 0 spiro atoms. The molecular weight excluding hydrogens is 190 g/mol. The fourth-order valence-corrected chi connectivity index (χ4v) is 1.33. The van der Waals surface area contributed by atoms with Crippen molar-refractivity contribution in [2.45, 2.75) is 19.8 Å². The van der Waals surface area contributed by atoms with Gasteiger partial charge in [0.2, 0.25) is 0 Å². The van der Waals surface area contributed by atoms with Gasteiger partial charge in [0.1, 0.15) is 5.75 Å². The first-order valence-corrected chi connectivity index (χ1v) is 5.44. The van der Waals surface area contributed by atoms with Crippen molar-refractivity contribution in [2.24, 2.45) is 0 Å². The molecular formula is C12H19NO2. The minimum atomic E-state index is 0.265. The van der Waals surface area contributed by atoms with Gasteiger partial charge in [0, 0.05) is 24.9 Å². The van der Waals surface area contributed by atoms with Crippen LogP contribution in [0, 0.1) is 0 Å². The molecule has 1 aromatic rings. The highest BCUT2D eigenvalue weighted by atomic mass is 16.5. The van der Waals surface area contributed by atoms with E-state index in [9.17, 15) is 0 Å². The van der Waals surface area contributed by atoms with Crippen molar-refractivity contribution in [1.29, 1.82) is 0 Å². The summed E-state index contributed by atoms with van der Waals surface area (Å²) in [5.74, 6) is 0.893. The molecule has 3 nitrogen and oxygen atoms in total. The Balaban J connectivity index is 2.36. The van der Waals surface area contributed by atoms with Gasteiger partial charge in [-0.15, -0.1) is 0 Å². The summed E-state index contributed by atoms with van der Waals surface area (Å²) in [5, 5.41) is 11.9. The predicted molar refractivity (Wildman–Crippen MR) is 62.4 cm³/mol. The van der Waals surface area contributed by atoms with E-state index in [0.717, 1.165) is 30.8 Å². The van der Waals surface area contributed by atoms with Gasteiger partial charge in [0.05, 0.1) is 6.61 Å². The zero-order valence-electron chi connectivity index (χ0n) is 9.20. The summed E-state index contributed by atoms with van der Waals surface area (Å²) in [6.07, 6.45) is 1.83. The molecule has 84 valence electrons. The zero-order chi connectivity index (χ0) is 10.9. The molecule has 0 saturated heterocycles. The Bertz CT molecular complexity index is 276. The first-order valence-electron chi connectivity index (χ1n) is 5.44. The number of anilines is 1. The van der Waals surface area contributed by atoms with E-state index in [1.54, 1.807) is 0 Å². The average molecular weight is 209 g/mol. The Labute approximate surface area is 91.1 Å². The second-order valence-corrected chi connectivity index (χ2v) is 3.32. The van der Waals surface area contributed by atoms with Crippen LogP contribution in [-0.4, -0.2) is 24.9 Å². The maximum Gasteiger partial charge on any atom is 0.121 e. The highest BCUT2D eigenvalue weighted by Gasteiger charge is 1.95. The number of nitrogens with one attached hydrogen (secondary N) is 1. The Morgan fingerprint density at radius 2 is 2.20 bits per heavy atom. The number of benzene rings is 1. The predicted octanol–water partition coefficient (Wildman–Crippen LogP) is 2.27. The molecule has 1 rings (SSSR count). The fourth-order valence-electron chi connectivity index (χ4n) is 1.33. The van der Waals surface area contributed by atoms with Crippen LogP contribution in [0.15, 0.2) is 24.3 Å². The van der Waals surface area contributed by atoms with Crippen molar-refractivity contribution in [1.82, 2.24) is 0 Å². The van der Waals surface area contributed by atoms with E-state index in [1.165, 1.54) is 0 Å². The van der Waals surface area contributed by atoms with Crippen LogP contribution in [0.25, 0.3) is 0 Å². The van der Waals surface area contributed by atoms with Gasteiger partial charge in [-0.05, 0) is 31.9 Å². The summed E-state index contributed by atoms with van der Waals surface area (Å²) >= 11 is 0. The van der Waals surface area contributed by atoms with Gasteiger partial charge in [-0.25, -0.2) is 0 Å². The lowest BCUT2D eigenvalue weighted by Crippen LogP contribution is -2.02. The highest BCUT2D eigenvalue weighted by Crippen LogP contribution is 2.17. The summed E-state index contributed by atoms with van der Waals surface area (Å²) in [4.78, 5) is 0.